The lowest BCUT2D eigenvalue weighted by atomic mass is 9.95. The lowest BCUT2D eigenvalue weighted by Crippen LogP contribution is -2.40. The number of hydrogen-bond acceptors (Lipinski definition) is 5. The van der Waals surface area contributed by atoms with Gasteiger partial charge in [-0.25, -0.2) is 13.4 Å². The molecule has 0 spiro atoms. The van der Waals surface area contributed by atoms with Crippen LogP contribution in [0.3, 0.4) is 0 Å². The fraction of sp³-hybridized carbons (Fsp3) is 0.600. The van der Waals surface area contributed by atoms with Crippen molar-refractivity contribution in [3.63, 3.8) is 0 Å². The largest absolute Gasteiger partial charge is 0.351 e. The van der Waals surface area contributed by atoms with Crippen LogP contribution in [-0.2, 0) is 14.6 Å². The highest BCUT2D eigenvalue weighted by Gasteiger charge is 2.31. The number of carbonyl (C=O) groups excluding carboxylic acids is 1. The summed E-state index contributed by atoms with van der Waals surface area (Å²) in [5.74, 6) is 0.0996. The second-order valence-electron chi connectivity index (χ2n) is 7.91. The first-order valence-corrected chi connectivity index (χ1v) is 12.8. The van der Waals surface area contributed by atoms with E-state index in [9.17, 15) is 13.2 Å². The number of carbonyl (C=O) groups is 1. The van der Waals surface area contributed by atoms with E-state index in [1.54, 1.807) is 0 Å². The Morgan fingerprint density at radius 3 is 2.68 bits per heavy atom. The fourth-order valence-corrected chi connectivity index (χ4v) is 6.91. The predicted octanol–water partition coefficient (Wildman–Crippen LogP) is 3.33. The number of thioether (sulfide) groups is 1. The van der Waals surface area contributed by atoms with Gasteiger partial charge in [0.05, 0.1) is 27.8 Å². The van der Waals surface area contributed by atoms with Crippen LogP contribution in [0.15, 0.2) is 29.4 Å². The van der Waals surface area contributed by atoms with E-state index in [4.69, 9.17) is 4.98 Å². The molecule has 1 saturated heterocycles. The highest BCUT2D eigenvalue weighted by Crippen LogP contribution is 2.36. The number of nitrogens with one attached hydrogen (secondary N) is 1. The molecular formula is C20H27N3O3S2. The molecule has 2 heterocycles. The number of rotatable bonds is 5. The Kier molecular flexibility index (Phi) is 5.69. The van der Waals surface area contributed by atoms with Crippen LogP contribution < -0.4 is 5.32 Å². The molecule has 2 atom stereocenters. The molecule has 1 N–H and O–H groups in total. The number of aromatic nitrogens is 2. The highest BCUT2D eigenvalue weighted by atomic mass is 32.2. The molecule has 1 amide bonds. The summed E-state index contributed by atoms with van der Waals surface area (Å²) in [6.07, 6.45) is 6.55. The molecule has 2 fully saturated rings. The molecule has 2 aromatic rings. The molecule has 152 valence electrons. The first-order chi connectivity index (χ1) is 13.4. The van der Waals surface area contributed by atoms with Crippen molar-refractivity contribution < 1.29 is 13.2 Å². The number of benzene rings is 1. The van der Waals surface area contributed by atoms with Crippen LogP contribution in [0.25, 0.3) is 11.0 Å². The molecular weight excluding hydrogens is 394 g/mol. The topological polar surface area (TPSA) is 81.1 Å². The van der Waals surface area contributed by atoms with Crippen LogP contribution in [-0.4, -0.2) is 46.7 Å². The Labute approximate surface area is 170 Å². The standard InChI is InChI=1S/C20H27N3O3S2/c1-14(19(24)21-15-11-12-28(25,26)13-15)27-20-22-17-9-5-6-10-18(17)23(20)16-7-3-2-4-8-16/h5-6,9-10,14-16H,2-4,7-8,11-13H2,1H3,(H,21,24). The van der Waals surface area contributed by atoms with Crippen molar-refractivity contribution in [3.8, 4) is 0 Å². The number of amides is 1. The summed E-state index contributed by atoms with van der Waals surface area (Å²) in [7, 11) is -3.00. The maximum Gasteiger partial charge on any atom is 0.233 e. The minimum atomic E-state index is -3.00. The molecule has 6 nitrogen and oxygen atoms in total. The van der Waals surface area contributed by atoms with Gasteiger partial charge in [0, 0.05) is 12.1 Å². The summed E-state index contributed by atoms with van der Waals surface area (Å²) in [5, 5.41) is 3.46. The van der Waals surface area contributed by atoms with Gasteiger partial charge in [-0.3, -0.25) is 4.79 Å². The summed E-state index contributed by atoms with van der Waals surface area (Å²) in [6.45, 7) is 1.87. The fourth-order valence-electron chi connectivity index (χ4n) is 4.24. The van der Waals surface area contributed by atoms with Crippen molar-refractivity contribution in [1.82, 2.24) is 14.9 Å². The summed E-state index contributed by atoms with van der Waals surface area (Å²) in [6, 6.07) is 8.32. The van der Waals surface area contributed by atoms with Gasteiger partial charge < -0.3 is 9.88 Å². The Balaban J connectivity index is 1.52. The van der Waals surface area contributed by atoms with Crippen molar-refractivity contribution in [2.24, 2.45) is 0 Å². The Morgan fingerprint density at radius 1 is 1.21 bits per heavy atom. The van der Waals surface area contributed by atoms with Crippen LogP contribution in [0, 0.1) is 0 Å². The number of sulfone groups is 1. The number of imidazole rings is 1. The molecule has 0 bridgehead atoms. The molecule has 8 heteroatoms. The SMILES string of the molecule is CC(Sc1nc2ccccc2n1C1CCCCC1)C(=O)NC1CCS(=O)(=O)C1. The molecule has 1 aromatic carbocycles. The summed E-state index contributed by atoms with van der Waals surface area (Å²) in [5.41, 5.74) is 2.09. The smallest absolute Gasteiger partial charge is 0.233 e. The van der Waals surface area contributed by atoms with Gasteiger partial charge in [-0.05, 0) is 38.3 Å². The molecule has 28 heavy (non-hydrogen) atoms. The minimum absolute atomic E-state index is 0.0523. The van der Waals surface area contributed by atoms with E-state index in [1.165, 1.54) is 31.0 Å². The summed E-state index contributed by atoms with van der Waals surface area (Å²) >= 11 is 1.47. The monoisotopic (exact) mass is 421 g/mol. The van der Waals surface area contributed by atoms with Gasteiger partial charge in [0.25, 0.3) is 0 Å². The van der Waals surface area contributed by atoms with Crippen molar-refractivity contribution in [2.45, 2.75) is 67.9 Å². The molecule has 4 rings (SSSR count). The minimum Gasteiger partial charge on any atom is -0.351 e. The third kappa shape index (κ3) is 4.22. The molecule has 2 aliphatic rings. The van der Waals surface area contributed by atoms with Crippen LogP contribution in [0.2, 0.25) is 0 Å². The Hall–Kier alpha value is -1.54. The van der Waals surface area contributed by atoms with E-state index in [2.05, 4.69) is 16.0 Å². The van der Waals surface area contributed by atoms with Gasteiger partial charge in [-0.2, -0.15) is 0 Å². The quantitative estimate of drug-likeness (QED) is 0.749. The Bertz CT molecular complexity index is 964. The molecule has 1 aromatic heterocycles. The van der Waals surface area contributed by atoms with E-state index in [-0.39, 0.29) is 28.7 Å². The molecule has 1 aliphatic carbocycles. The van der Waals surface area contributed by atoms with Gasteiger partial charge in [-0.1, -0.05) is 43.2 Å². The first-order valence-electron chi connectivity index (χ1n) is 10.1. The van der Waals surface area contributed by atoms with Gasteiger partial charge in [0.1, 0.15) is 0 Å². The highest BCUT2D eigenvalue weighted by molar-refractivity contribution is 8.00. The third-order valence-electron chi connectivity index (χ3n) is 5.73. The van der Waals surface area contributed by atoms with Gasteiger partial charge in [-0.15, -0.1) is 0 Å². The van der Waals surface area contributed by atoms with Crippen molar-refractivity contribution in [1.29, 1.82) is 0 Å². The van der Waals surface area contributed by atoms with Gasteiger partial charge >= 0.3 is 0 Å². The number of para-hydroxylation sites is 2. The average molecular weight is 422 g/mol. The van der Waals surface area contributed by atoms with E-state index < -0.39 is 9.84 Å². The van der Waals surface area contributed by atoms with Crippen molar-refractivity contribution >= 4 is 38.5 Å². The van der Waals surface area contributed by atoms with E-state index in [0.29, 0.717) is 12.5 Å². The van der Waals surface area contributed by atoms with Gasteiger partial charge in [0.2, 0.25) is 5.91 Å². The third-order valence-corrected chi connectivity index (χ3v) is 8.57. The second kappa shape index (κ2) is 8.06. The lowest BCUT2D eigenvalue weighted by molar-refractivity contribution is -0.120. The maximum atomic E-state index is 12.7. The lowest BCUT2D eigenvalue weighted by Gasteiger charge is -2.26. The van der Waals surface area contributed by atoms with Crippen LogP contribution in [0.1, 0.15) is 51.5 Å². The zero-order chi connectivity index (χ0) is 19.7. The van der Waals surface area contributed by atoms with Crippen LogP contribution >= 0.6 is 11.8 Å². The van der Waals surface area contributed by atoms with E-state index >= 15 is 0 Å². The predicted molar refractivity (Wildman–Crippen MR) is 112 cm³/mol. The van der Waals surface area contributed by atoms with Crippen LogP contribution in [0.5, 0.6) is 0 Å². The normalized spacial score (nSPS) is 23.7. The van der Waals surface area contributed by atoms with Gasteiger partial charge in [0.15, 0.2) is 15.0 Å². The first kappa shape index (κ1) is 19.8. The van der Waals surface area contributed by atoms with Crippen LogP contribution in [0.4, 0.5) is 0 Å². The molecule has 1 saturated carbocycles. The maximum absolute atomic E-state index is 12.7. The second-order valence-corrected chi connectivity index (χ2v) is 11.5. The molecule has 2 unspecified atom stereocenters. The number of fused-ring (bicyclic) bond motifs is 1. The summed E-state index contributed by atoms with van der Waals surface area (Å²) in [4.78, 5) is 17.5. The number of hydrogen-bond donors (Lipinski definition) is 1. The summed E-state index contributed by atoms with van der Waals surface area (Å²) < 4.78 is 25.6. The zero-order valence-electron chi connectivity index (χ0n) is 16.1. The average Bonchev–Trinajstić information content (AvgIpc) is 3.21. The van der Waals surface area contributed by atoms with Crippen molar-refractivity contribution in [3.05, 3.63) is 24.3 Å². The molecule has 0 radical (unpaired) electrons. The van der Waals surface area contributed by atoms with Crippen molar-refractivity contribution in [2.75, 3.05) is 11.5 Å². The van der Waals surface area contributed by atoms with E-state index in [0.717, 1.165) is 29.0 Å². The Morgan fingerprint density at radius 2 is 1.96 bits per heavy atom. The van der Waals surface area contributed by atoms with E-state index in [1.807, 2.05) is 25.1 Å². The molecule has 1 aliphatic heterocycles. The zero-order valence-corrected chi connectivity index (χ0v) is 17.8. The number of nitrogens with zero attached hydrogens (tertiary/aromatic N) is 2.